The van der Waals surface area contributed by atoms with Crippen molar-refractivity contribution in [2.45, 2.75) is 6.54 Å². The van der Waals surface area contributed by atoms with Gasteiger partial charge in [-0.3, -0.25) is 13.7 Å². The normalized spacial score (nSPS) is 10.8. The van der Waals surface area contributed by atoms with E-state index in [0.717, 1.165) is 4.70 Å². The maximum Gasteiger partial charge on any atom is 0.335 e. The van der Waals surface area contributed by atoms with Gasteiger partial charge in [-0.15, -0.1) is 0 Å². The van der Waals surface area contributed by atoms with Crippen LogP contribution in [0.1, 0.15) is 16.1 Å². The van der Waals surface area contributed by atoms with Gasteiger partial charge in [0.15, 0.2) is 0 Å². The third kappa shape index (κ3) is 2.21. The van der Waals surface area contributed by atoms with Crippen molar-refractivity contribution in [3.8, 4) is 0 Å². The van der Waals surface area contributed by atoms with Crippen molar-refractivity contribution in [1.82, 2.24) is 8.94 Å². The molecule has 0 spiro atoms. The Kier molecular flexibility index (Phi) is 3.08. The lowest BCUT2D eigenvalue weighted by Gasteiger charge is -2.01. The van der Waals surface area contributed by atoms with Crippen LogP contribution in [0.5, 0.6) is 0 Å². The van der Waals surface area contributed by atoms with Crippen LogP contribution >= 0.6 is 11.5 Å². The first kappa shape index (κ1) is 12.6. The molecule has 0 saturated carbocycles. The predicted molar refractivity (Wildman–Crippen MR) is 76.4 cm³/mol. The zero-order valence-corrected chi connectivity index (χ0v) is 11.1. The zero-order valence-electron chi connectivity index (χ0n) is 10.3. The van der Waals surface area contributed by atoms with E-state index >= 15 is 0 Å². The van der Waals surface area contributed by atoms with Crippen LogP contribution in [0.4, 0.5) is 0 Å². The quantitative estimate of drug-likeness (QED) is 0.801. The molecule has 20 heavy (non-hydrogen) atoms. The highest BCUT2D eigenvalue weighted by molar-refractivity contribution is 7.13. The molecule has 0 amide bonds. The molecule has 100 valence electrons. The van der Waals surface area contributed by atoms with Crippen molar-refractivity contribution in [2.75, 3.05) is 0 Å². The number of carbonyl (C=O) groups is 1. The first-order chi connectivity index (χ1) is 9.65. The number of hydrogen-bond acceptors (Lipinski definition) is 4. The molecule has 0 aliphatic rings. The van der Waals surface area contributed by atoms with E-state index in [1.807, 2.05) is 18.2 Å². The standard InChI is InChI=1S/C14H10N2O3S/c17-13-11-3-1-2-4-12(11)20-16(13)8-10-7-9(14(18)19)5-6-15-10/h1-7H,8H2,(H,18,19). The van der Waals surface area contributed by atoms with Gasteiger partial charge in [-0.2, -0.15) is 0 Å². The number of aromatic nitrogens is 2. The maximum absolute atomic E-state index is 12.2. The third-order valence-electron chi connectivity index (χ3n) is 2.92. The first-order valence-electron chi connectivity index (χ1n) is 5.92. The number of carboxylic acid groups (broad SMARTS) is 1. The number of hydrogen-bond donors (Lipinski definition) is 1. The SMILES string of the molecule is O=C(O)c1ccnc(Cn2sc3ccccc3c2=O)c1. The summed E-state index contributed by atoms with van der Waals surface area (Å²) in [6, 6.07) is 10.3. The fourth-order valence-electron chi connectivity index (χ4n) is 1.97. The molecule has 5 nitrogen and oxygen atoms in total. The van der Waals surface area contributed by atoms with Crippen LogP contribution in [0.3, 0.4) is 0 Å². The van der Waals surface area contributed by atoms with E-state index in [1.165, 1.54) is 29.9 Å². The maximum atomic E-state index is 12.2. The van der Waals surface area contributed by atoms with Gasteiger partial charge in [-0.25, -0.2) is 4.79 Å². The molecule has 0 aliphatic heterocycles. The summed E-state index contributed by atoms with van der Waals surface area (Å²) in [5.74, 6) is -1.00. The molecular formula is C14H10N2O3S. The fourth-order valence-corrected chi connectivity index (χ4v) is 2.97. The molecule has 0 radical (unpaired) electrons. The van der Waals surface area contributed by atoms with Crippen LogP contribution in [0, 0.1) is 0 Å². The first-order valence-corrected chi connectivity index (χ1v) is 6.69. The summed E-state index contributed by atoms with van der Waals surface area (Å²) in [7, 11) is 0. The summed E-state index contributed by atoms with van der Waals surface area (Å²) in [6.07, 6.45) is 1.44. The summed E-state index contributed by atoms with van der Waals surface area (Å²) >= 11 is 1.35. The van der Waals surface area contributed by atoms with Crippen molar-refractivity contribution in [2.24, 2.45) is 0 Å². The Balaban J connectivity index is 2.01. The highest BCUT2D eigenvalue weighted by atomic mass is 32.1. The molecule has 2 aromatic heterocycles. The summed E-state index contributed by atoms with van der Waals surface area (Å²) in [4.78, 5) is 27.2. The number of carboxylic acids is 1. The molecule has 2 heterocycles. The van der Waals surface area contributed by atoms with Crippen LogP contribution in [-0.2, 0) is 6.54 Å². The van der Waals surface area contributed by atoms with Crippen LogP contribution < -0.4 is 5.56 Å². The molecule has 0 unspecified atom stereocenters. The van der Waals surface area contributed by atoms with Crippen molar-refractivity contribution < 1.29 is 9.90 Å². The summed E-state index contributed by atoms with van der Waals surface area (Å²) < 4.78 is 2.49. The Morgan fingerprint density at radius 2 is 2.10 bits per heavy atom. The second-order valence-corrected chi connectivity index (χ2v) is 5.33. The van der Waals surface area contributed by atoms with E-state index in [2.05, 4.69) is 4.98 Å². The van der Waals surface area contributed by atoms with E-state index < -0.39 is 5.97 Å². The highest BCUT2D eigenvalue weighted by Crippen LogP contribution is 2.16. The monoisotopic (exact) mass is 286 g/mol. The molecule has 6 heteroatoms. The minimum Gasteiger partial charge on any atom is -0.478 e. The van der Waals surface area contributed by atoms with Gasteiger partial charge in [-0.1, -0.05) is 23.7 Å². The van der Waals surface area contributed by atoms with E-state index in [-0.39, 0.29) is 17.7 Å². The number of nitrogens with zero attached hydrogens (tertiary/aromatic N) is 2. The molecular weight excluding hydrogens is 276 g/mol. The molecule has 0 aliphatic carbocycles. The van der Waals surface area contributed by atoms with Crippen molar-refractivity contribution in [3.05, 3.63) is 64.2 Å². The van der Waals surface area contributed by atoms with Gasteiger partial charge in [0, 0.05) is 6.20 Å². The second kappa shape index (κ2) is 4.90. The van der Waals surface area contributed by atoms with E-state index in [4.69, 9.17) is 5.11 Å². The molecule has 0 fully saturated rings. The predicted octanol–water partition coefficient (Wildman–Crippen LogP) is 2.20. The Morgan fingerprint density at radius 1 is 1.30 bits per heavy atom. The summed E-state index contributed by atoms with van der Waals surface area (Å²) in [5.41, 5.74) is 0.649. The number of rotatable bonds is 3. The molecule has 1 N–H and O–H groups in total. The Bertz CT molecular complexity index is 851. The van der Waals surface area contributed by atoms with Crippen LogP contribution in [-0.4, -0.2) is 20.0 Å². The smallest absolute Gasteiger partial charge is 0.335 e. The fraction of sp³-hybridized carbons (Fsp3) is 0.0714. The topological polar surface area (TPSA) is 72.2 Å². The zero-order chi connectivity index (χ0) is 14.1. The Morgan fingerprint density at radius 3 is 2.85 bits per heavy atom. The minimum absolute atomic E-state index is 0.0758. The third-order valence-corrected chi connectivity index (χ3v) is 3.99. The van der Waals surface area contributed by atoms with Gasteiger partial charge in [0.05, 0.1) is 27.9 Å². The molecule has 0 atom stereocenters. The lowest BCUT2D eigenvalue weighted by molar-refractivity contribution is 0.0696. The average molecular weight is 286 g/mol. The lowest BCUT2D eigenvalue weighted by atomic mass is 10.2. The van der Waals surface area contributed by atoms with Gasteiger partial charge in [0.2, 0.25) is 0 Å². The summed E-state index contributed by atoms with van der Waals surface area (Å²) in [5, 5.41) is 9.62. The van der Waals surface area contributed by atoms with Crippen LogP contribution in [0.25, 0.3) is 10.1 Å². The number of aromatic carboxylic acids is 1. The highest BCUT2D eigenvalue weighted by Gasteiger charge is 2.09. The van der Waals surface area contributed by atoms with Crippen LogP contribution in [0.2, 0.25) is 0 Å². The van der Waals surface area contributed by atoms with Crippen molar-refractivity contribution >= 4 is 27.6 Å². The van der Waals surface area contributed by atoms with E-state index in [9.17, 15) is 9.59 Å². The molecule has 3 rings (SSSR count). The average Bonchev–Trinajstić information content (AvgIpc) is 2.76. The van der Waals surface area contributed by atoms with Gasteiger partial charge in [-0.05, 0) is 24.3 Å². The Hall–Kier alpha value is -2.47. The second-order valence-electron chi connectivity index (χ2n) is 4.27. The van der Waals surface area contributed by atoms with Gasteiger partial charge in [0.1, 0.15) is 0 Å². The van der Waals surface area contributed by atoms with Gasteiger partial charge >= 0.3 is 5.97 Å². The molecule has 0 saturated heterocycles. The van der Waals surface area contributed by atoms with Crippen molar-refractivity contribution in [3.63, 3.8) is 0 Å². The van der Waals surface area contributed by atoms with E-state index in [1.54, 1.807) is 10.0 Å². The lowest BCUT2D eigenvalue weighted by Crippen LogP contribution is -2.14. The van der Waals surface area contributed by atoms with E-state index in [0.29, 0.717) is 11.1 Å². The summed E-state index contributed by atoms with van der Waals surface area (Å²) in [6.45, 7) is 0.277. The van der Waals surface area contributed by atoms with Crippen LogP contribution in [0.15, 0.2) is 47.4 Å². The van der Waals surface area contributed by atoms with Crippen molar-refractivity contribution in [1.29, 1.82) is 0 Å². The van der Waals surface area contributed by atoms with Gasteiger partial charge in [0.25, 0.3) is 5.56 Å². The Labute approximate surface area is 117 Å². The number of pyridine rings is 1. The largest absolute Gasteiger partial charge is 0.478 e. The minimum atomic E-state index is -1.00. The number of fused-ring (bicyclic) bond motifs is 1. The van der Waals surface area contributed by atoms with Gasteiger partial charge < -0.3 is 5.11 Å². The molecule has 3 aromatic rings. The number of benzene rings is 1. The molecule has 1 aromatic carbocycles. The molecule has 0 bridgehead atoms.